The van der Waals surface area contributed by atoms with Gasteiger partial charge in [0, 0.05) is 29.8 Å². The number of carbonyl (C=O) groups excluding carboxylic acids is 1. The molecule has 0 saturated heterocycles. The summed E-state index contributed by atoms with van der Waals surface area (Å²) in [6.45, 7) is 1.80. The molecule has 0 atom stereocenters. The number of non-ortho nitro benzene ring substituents is 1. The molecule has 1 N–H and O–H groups in total. The Morgan fingerprint density at radius 2 is 2.00 bits per heavy atom. The highest BCUT2D eigenvalue weighted by Gasteiger charge is 2.10. The molecule has 9 nitrogen and oxygen atoms in total. The van der Waals surface area contributed by atoms with Gasteiger partial charge in [0.25, 0.3) is 11.6 Å². The Bertz CT molecular complexity index is 968. The summed E-state index contributed by atoms with van der Waals surface area (Å²) in [5.74, 6) is 1.09. The van der Waals surface area contributed by atoms with E-state index < -0.39 is 10.8 Å². The van der Waals surface area contributed by atoms with Crippen LogP contribution in [0.25, 0.3) is 11.5 Å². The van der Waals surface area contributed by atoms with Gasteiger partial charge in [-0.05, 0) is 36.8 Å². The molecule has 0 unspecified atom stereocenters. The van der Waals surface area contributed by atoms with E-state index in [0.29, 0.717) is 23.2 Å². The van der Waals surface area contributed by atoms with Crippen LogP contribution in [0, 0.1) is 10.1 Å². The van der Waals surface area contributed by atoms with Gasteiger partial charge in [-0.15, -0.1) is 10.2 Å². The molecule has 0 aliphatic rings. The van der Waals surface area contributed by atoms with Crippen molar-refractivity contribution in [1.82, 2.24) is 10.2 Å². The van der Waals surface area contributed by atoms with Crippen LogP contribution in [0.5, 0.6) is 5.75 Å². The summed E-state index contributed by atoms with van der Waals surface area (Å²) < 4.78 is 11.0. The second kappa shape index (κ2) is 8.76. The van der Waals surface area contributed by atoms with Crippen LogP contribution in [0.2, 0.25) is 0 Å². The molecule has 0 radical (unpaired) electrons. The van der Waals surface area contributed by atoms with E-state index in [2.05, 4.69) is 15.5 Å². The fourth-order valence-corrected chi connectivity index (χ4v) is 2.42. The van der Waals surface area contributed by atoms with Crippen LogP contribution < -0.4 is 10.1 Å². The summed E-state index contributed by atoms with van der Waals surface area (Å²) >= 11 is 0. The predicted molar refractivity (Wildman–Crippen MR) is 101 cm³/mol. The zero-order chi connectivity index (χ0) is 19.9. The zero-order valence-corrected chi connectivity index (χ0v) is 15.1. The van der Waals surface area contributed by atoms with Crippen molar-refractivity contribution in [3.05, 3.63) is 64.5 Å². The number of nitro groups is 1. The number of nitro benzene ring substituents is 1. The van der Waals surface area contributed by atoms with E-state index in [1.165, 1.54) is 18.2 Å². The molecule has 2 aromatic carbocycles. The number of aromatic nitrogens is 2. The number of ether oxygens (including phenoxy) is 1. The van der Waals surface area contributed by atoms with Crippen molar-refractivity contribution in [2.24, 2.45) is 0 Å². The summed E-state index contributed by atoms with van der Waals surface area (Å²) in [5, 5.41) is 21.3. The maximum Gasteiger partial charge on any atom is 0.271 e. The number of hydrogen-bond donors (Lipinski definition) is 1. The fraction of sp³-hybridized carbons (Fsp3) is 0.211. The van der Waals surface area contributed by atoms with Crippen molar-refractivity contribution < 1.29 is 18.9 Å². The van der Waals surface area contributed by atoms with E-state index in [9.17, 15) is 14.9 Å². The molecule has 0 fully saturated rings. The van der Waals surface area contributed by atoms with Gasteiger partial charge in [0.15, 0.2) is 6.61 Å². The standard InChI is InChI=1S/C19H18N4O5/c1-2-4-18-21-22-19(28-18)13-7-9-16(10-8-13)27-12-17(24)20-14-5-3-6-15(11-14)23(25)26/h3,5-11H,2,4,12H2,1H3,(H,20,24). The van der Waals surface area contributed by atoms with Crippen molar-refractivity contribution in [2.45, 2.75) is 19.8 Å². The number of carbonyl (C=O) groups is 1. The maximum atomic E-state index is 12.0. The molecule has 0 spiro atoms. The molecule has 3 rings (SSSR count). The van der Waals surface area contributed by atoms with Gasteiger partial charge >= 0.3 is 0 Å². The number of nitrogens with one attached hydrogen (secondary N) is 1. The molecule has 1 heterocycles. The summed E-state index contributed by atoms with van der Waals surface area (Å²) in [6, 6.07) is 12.6. The Morgan fingerprint density at radius 1 is 1.21 bits per heavy atom. The Labute approximate surface area is 160 Å². The van der Waals surface area contributed by atoms with Gasteiger partial charge in [0.1, 0.15) is 5.75 Å². The van der Waals surface area contributed by atoms with E-state index in [1.807, 2.05) is 6.92 Å². The summed E-state index contributed by atoms with van der Waals surface area (Å²) in [7, 11) is 0. The summed E-state index contributed by atoms with van der Waals surface area (Å²) in [6.07, 6.45) is 1.65. The van der Waals surface area contributed by atoms with Crippen LogP contribution in [0.4, 0.5) is 11.4 Å². The van der Waals surface area contributed by atoms with Crippen molar-refractivity contribution in [3.8, 4) is 17.2 Å². The number of amides is 1. The van der Waals surface area contributed by atoms with Crippen LogP contribution in [-0.4, -0.2) is 27.6 Å². The van der Waals surface area contributed by atoms with Crippen molar-refractivity contribution >= 4 is 17.3 Å². The number of aryl methyl sites for hydroxylation is 1. The zero-order valence-electron chi connectivity index (χ0n) is 15.1. The lowest BCUT2D eigenvalue weighted by molar-refractivity contribution is -0.384. The molecule has 0 saturated carbocycles. The maximum absolute atomic E-state index is 12.0. The lowest BCUT2D eigenvalue weighted by atomic mass is 10.2. The second-order valence-corrected chi connectivity index (χ2v) is 5.92. The number of anilines is 1. The molecule has 1 aromatic heterocycles. The number of nitrogens with zero attached hydrogens (tertiary/aromatic N) is 3. The van der Waals surface area contributed by atoms with Crippen molar-refractivity contribution in [2.75, 3.05) is 11.9 Å². The van der Waals surface area contributed by atoms with Crippen LogP contribution in [0.3, 0.4) is 0 Å². The van der Waals surface area contributed by atoms with Crippen LogP contribution in [-0.2, 0) is 11.2 Å². The summed E-state index contributed by atoms with van der Waals surface area (Å²) in [5.41, 5.74) is 0.984. The van der Waals surface area contributed by atoms with Gasteiger partial charge < -0.3 is 14.5 Å². The van der Waals surface area contributed by atoms with Gasteiger partial charge in [-0.3, -0.25) is 14.9 Å². The Balaban J connectivity index is 1.55. The fourth-order valence-electron chi connectivity index (χ4n) is 2.42. The first-order valence-electron chi connectivity index (χ1n) is 8.65. The quantitative estimate of drug-likeness (QED) is 0.466. The number of rotatable bonds is 8. The third-order valence-corrected chi connectivity index (χ3v) is 3.74. The third kappa shape index (κ3) is 4.91. The molecular formula is C19H18N4O5. The first-order chi connectivity index (χ1) is 13.5. The van der Waals surface area contributed by atoms with Crippen LogP contribution in [0.1, 0.15) is 19.2 Å². The van der Waals surface area contributed by atoms with Gasteiger partial charge in [0.05, 0.1) is 4.92 Å². The van der Waals surface area contributed by atoms with Gasteiger partial charge in [-0.25, -0.2) is 0 Å². The smallest absolute Gasteiger partial charge is 0.271 e. The molecule has 0 bridgehead atoms. The SMILES string of the molecule is CCCc1nnc(-c2ccc(OCC(=O)Nc3cccc([N+](=O)[O-])c3)cc2)o1. The second-order valence-electron chi connectivity index (χ2n) is 5.92. The van der Waals surface area contributed by atoms with Crippen LogP contribution >= 0.6 is 0 Å². The Morgan fingerprint density at radius 3 is 2.71 bits per heavy atom. The summed E-state index contributed by atoms with van der Waals surface area (Å²) in [4.78, 5) is 22.2. The van der Waals surface area contributed by atoms with E-state index >= 15 is 0 Å². The molecule has 0 aliphatic heterocycles. The molecule has 1 amide bonds. The van der Waals surface area contributed by atoms with Crippen molar-refractivity contribution in [3.63, 3.8) is 0 Å². The monoisotopic (exact) mass is 382 g/mol. The molecule has 0 aliphatic carbocycles. The minimum Gasteiger partial charge on any atom is -0.484 e. The first kappa shape index (κ1) is 19.0. The topological polar surface area (TPSA) is 120 Å². The number of benzene rings is 2. The van der Waals surface area contributed by atoms with Crippen molar-refractivity contribution in [1.29, 1.82) is 0 Å². The van der Waals surface area contributed by atoms with Gasteiger partial charge in [-0.1, -0.05) is 13.0 Å². The minimum absolute atomic E-state index is 0.0996. The van der Waals surface area contributed by atoms with E-state index in [1.54, 1.807) is 30.3 Å². The average Bonchev–Trinajstić information content (AvgIpc) is 3.16. The number of hydrogen-bond acceptors (Lipinski definition) is 7. The first-order valence-corrected chi connectivity index (χ1v) is 8.65. The van der Waals surface area contributed by atoms with Gasteiger partial charge in [-0.2, -0.15) is 0 Å². The predicted octanol–water partition coefficient (Wildman–Crippen LogP) is 3.61. The highest BCUT2D eigenvalue weighted by atomic mass is 16.6. The average molecular weight is 382 g/mol. The lowest BCUT2D eigenvalue weighted by Gasteiger charge is -2.07. The molecule has 3 aromatic rings. The normalized spacial score (nSPS) is 10.5. The molecule has 144 valence electrons. The molecular weight excluding hydrogens is 364 g/mol. The van der Waals surface area contributed by atoms with E-state index in [0.717, 1.165) is 18.4 Å². The highest BCUT2D eigenvalue weighted by Crippen LogP contribution is 2.22. The van der Waals surface area contributed by atoms with Gasteiger partial charge in [0.2, 0.25) is 11.8 Å². The Hall–Kier alpha value is -3.75. The van der Waals surface area contributed by atoms with Crippen LogP contribution in [0.15, 0.2) is 52.9 Å². The lowest BCUT2D eigenvalue weighted by Crippen LogP contribution is -2.20. The third-order valence-electron chi connectivity index (χ3n) is 3.74. The Kier molecular flexibility index (Phi) is 5.95. The molecule has 9 heteroatoms. The largest absolute Gasteiger partial charge is 0.484 e. The van der Waals surface area contributed by atoms with E-state index in [-0.39, 0.29) is 12.3 Å². The minimum atomic E-state index is -0.525. The molecule has 28 heavy (non-hydrogen) atoms. The highest BCUT2D eigenvalue weighted by molar-refractivity contribution is 5.92. The van der Waals surface area contributed by atoms with E-state index in [4.69, 9.17) is 9.15 Å².